The van der Waals surface area contributed by atoms with E-state index >= 15 is 0 Å². The molecule has 17 heavy (non-hydrogen) atoms. The van der Waals surface area contributed by atoms with Gasteiger partial charge in [-0.05, 0) is 23.1 Å². The van der Waals surface area contributed by atoms with Gasteiger partial charge in [0, 0.05) is 17.2 Å². The van der Waals surface area contributed by atoms with Crippen LogP contribution in [0.25, 0.3) is 0 Å². The molecule has 2 aromatic carbocycles. The molecule has 0 fully saturated rings. The average Bonchev–Trinajstić information content (AvgIpc) is 2.29. The highest BCUT2D eigenvalue weighted by Gasteiger charge is 2.05. The fourth-order valence-electron chi connectivity index (χ4n) is 1.33. The van der Waals surface area contributed by atoms with Crippen LogP contribution in [0.3, 0.4) is 0 Å². The molecular weight excluding hydrogens is 220 g/mol. The Bertz CT molecular complexity index is 567. The van der Waals surface area contributed by atoms with Gasteiger partial charge < -0.3 is 15.4 Å². The molecule has 0 amide bonds. The Kier molecular flexibility index (Phi) is 2.91. The topological polar surface area (TPSA) is 78.9 Å². The van der Waals surface area contributed by atoms with E-state index < -0.39 is 0 Å². The summed E-state index contributed by atoms with van der Waals surface area (Å²) in [4.78, 5) is 0.383. The van der Waals surface area contributed by atoms with Gasteiger partial charge in [-0.15, -0.1) is 0 Å². The van der Waals surface area contributed by atoms with Crippen molar-refractivity contribution in [3.05, 3.63) is 53.7 Å². The molecule has 0 atom stereocenters. The van der Waals surface area contributed by atoms with E-state index in [4.69, 9.17) is 0 Å². The Morgan fingerprint density at radius 1 is 0.941 bits per heavy atom. The lowest BCUT2D eigenvalue weighted by molar-refractivity contribution is -0.435. The highest BCUT2D eigenvalue weighted by atomic mass is 16.5. The van der Waals surface area contributed by atoms with Gasteiger partial charge in [0.15, 0.2) is 0 Å². The molecule has 0 aromatic heterocycles. The Balaban J connectivity index is 2.34. The third-order valence-electron chi connectivity index (χ3n) is 2.09. The van der Waals surface area contributed by atoms with E-state index in [2.05, 4.69) is 5.11 Å². The zero-order valence-corrected chi connectivity index (χ0v) is 8.82. The normalized spacial score (nSPS) is 11.4. The molecule has 0 saturated carbocycles. The summed E-state index contributed by atoms with van der Waals surface area (Å²) in [5.74, 6) is 0.0324. The maximum absolute atomic E-state index is 11.6. The van der Waals surface area contributed by atoms with E-state index in [-0.39, 0.29) is 17.2 Å². The van der Waals surface area contributed by atoms with Crippen LogP contribution in [0.15, 0.2) is 53.6 Å². The predicted molar refractivity (Wildman–Crippen MR) is 61.6 cm³/mol. The fourth-order valence-corrected chi connectivity index (χ4v) is 1.33. The standard InChI is InChI=1S/C12H10N2O3/c15-11-5-1-3-9(7-11)13-14(17)10-4-2-6-12(16)8-10/h1-8,15-16H. The van der Waals surface area contributed by atoms with Crippen molar-refractivity contribution in [3.8, 4) is 11.5 Å². The van der Waals surface area contributed by atoms with E-state index in [1.165, 1.54) is 30.3 Å². The molecule has 0 aliphatic carbocycles. The number of benzene rings is 2. The highest BCUT2D eigenvalue weighted by Crippen LogP contribution is 2.23. The molecular formula is C12H10N2O3. The van der Waals surface area contributed by atoms with E-state index in [9.17, 15) is 15.4 Å². The van der Waals surface area contributed by atoms with Crippen LogP contribution >= 0.6 is 0 Å². The fraction of sp³-hybridized carbons (Fsp3) is 0. The van der Waals surface area contributed by atoms with Gasteiger partial charge in [-0.25, -0.2) is 0 Å². The molecule has 5 nitrogen and oxygen atoms in total. The first-order chi connectivity index (χ1) is 8.15. The van der Waals surface area contributed by atoms with Crippen LogP contribution in [0.5, 0.6) is 11.5 Å². The molecule has 2 aromatic rings. The number of nitrogens with zero attached hydrogens (tertiary/aromatic N) is 2. The van der Waals surface area contributed by atoms with Crippen molar-refractivity contribution in [2.75, 3.05) is 0 Å². The monoisotopic (exact) mass is 230 g/mol. The summed E-state index contributed by atoms with van der Waals surface area (Å²) in [6, 6.07) is 11.9. The third-order valence-corrected chi connectivity index (χ3v) is 2.09. The molecule has 0 aliphatic rings. The molecule has 0 bridgehead atoms. The summed E-state index contributed by atoms with van der Waals surface area (Å²) < 4.78 is 0. The minimum Gasteiger partial charge on any atom is -0.594 e. The number of phenolic OH excluding ortho intramolecular Hbond substituents is 2. The van der Waals surface area contributed by atoms with Crippen LogP contribution in [0.1, 0.15) is 0 Å². The number of azo groups is 1. The van der Waals surface area contributed by atoms with Crippen molar-refractivity contribution in [1.29, 1.82) is 0 Å². The van der Waals surface area contributed by atoms with Crippen LogP contribution in [-0.2, 0) is 0 Å². The number of hydrogen-bond acceptors (Lipinski definition) is 4. The van der Waals surface area contributed by atoms with Gasteiger partial charge in [-0.1, -0.05) is 12.1 Å². The minimum atomic E-state index is -0.00513. The number of rotatable bonds is 2. The van der Waals surface area contributed by atoms with Crippen molar-refractivity contribution >= 4 is 11.4 Å². The lowest BCUT2D eigenvalue weighted by Crippen LogP contribution is -1.89. The summed E-state index contributed by atoms with van der Waals surface area (Å²) in [7, 11) is 0. The van der Waals surface area contributed by atoms with Gasteiger partial charge in [0.05, 0.1) is 6.07 Å². The van der Waals surface area contributed by atoms with Gasteiger partial charge in [-0.3, -0.25) is 0 Å². The number of hydrogen-bond donors (Lipinski definition) is 2. The van der Waals surface area contributed by atoms with Crippen molar-refractivity contribution in [2.45, 2.75) is 0 Å². The summed E-state index contributed by atoms with van der Waals surface area (Å²) in [6.07, 6.45) is 0. The molecule has 0 spiro atoms. The summed E-state index contributed by atoms with van der Waals surface area (Å²) >= 11 is 0. The van der Waals surface area contributed by atoms with Gasteiger partial charge in [0.1, 0.15) is 17.2 Å². The molecule has 86 valence electrons. The smallest absolute Gasteiger partial charge is 0.248 e. The second-order valence-corrected chi connectivity index (χ2v) is 3.41. The molecule has 0 heterocycles. The Labute approximate surface area is 97.5 Å². The van der Waals surface area contributed by atoms with E-state index in [0.717, 1.165) is 0 Å². The first kappa shape index (κ1) is 10.9. The Morgan fingerprint density at radius 2 is 1.59 bits per heavy atom. The van der Waals surface area contributed by atoms with Crippen molar-refractivity contribution < 1.29 is 15.1 Å². The Hall–Kier alpha value is -2.56. The number of aromatic hydroxyl groups is 2. The molecule has 0 unspecified atom stereocenters. The third kappa shape index (κ3) is 2.72. The second-order valence-electron chi connectivity index (χ2n) is 3.41. The number of phenols is 2. The van der Waals surface area contributed by atoms with Gasteiger partial charge >= 0.3 is 0 Å². The van der Waals surface area contributed by atoms with Gasteiger partial charge in [0.25, 0.3) is 0 Å². The molecule has 2 N–H and O–H groups in total. The molecule has 0 radical (unpaired) electrons. The van der Waals surface area contributed by atoms with Crippen LogP contribution in [0, 0.1) is 5.21 Å². The zero-order valence-electron chi connectivity index (χ0n) is 8.82. The van der Waals surface area contributed by atoms with Crippen molar-refractivity contribution in [3.63, 3.8) is 0 Å². The Morgan fingerprint density at radius 3 is 2.24 bits per heavy atom. The predicted octanol–water partition coefficient (Wildman–Crippen LogP) is 3.02. The minimum absolute atomic E-state index is 0.00513. The second kappa shape index (κ2) is 4.52. The lowest BCUT2D eigenvalue weighted by atomic mass is 10.3. The van der Waals surface area contributed by atoms with Crippen molar-refractivity contribution in [1.82, 2.24) is 0 Å². The first-order valence-corrected chi connectivity index (χ1v) is 4.92. The largest absolute Gasteiger partial charge is 0.594 e. The van der Waals surface area contributed by atoms with Gasteiger partial charge in [-0.2, -0.15) is 0 Å². The quantitative estimate of drug-likeness (QED) is 0.472. The molecule has 0 aliphatic heterocycles. The first-order valence-electron chi connectivity index (χ1n) is 4.92. The summed E-state index contributed by atoms with van der Waals surface area (Å²) in [5.41, 5.74) is 0.552. The van der Waals surface area contributed by atoms with Crippen LogP contribution in [0.4, 0.5) is 11.4 Å². The summed E-state index contributed by atoms with van der Waals surface area (Å²) in [6.45, 7) is 0. The van der Waals surface area contributed by atoms with Crippen LogP contribution in [-0.4, -0.2) is 15.1 Å². The zero-order chi connectivity index (χ0) is 12.3. The van der Waals surface area contributed by atoms with E-state index in [0.29, 0.717) is 10.5 Å². The van der Waals surface area contributed by atoms with E-state index in [1.807, 2.05) is 0 Å². The maximum Gasteiger partial charge on any atom is 0.248 e. The average molecular weight is 230 g/mol. The van der Waals surface area contributed by atoms with Crippen LogP contribution < -0.4 is 0 Å². The maximum atomic E-state index is 11.6. The van der Waals surface area contributed by atoms with Crippen molar-refractivity contribution in [2.24, 2.45) is 5.11 Å². The highest BCUT2D eigenvalue weighted by molar-refractivity contribution is 5.42. The van der Waals surface area contributed by atoms with Crippen LogP contribution in [0.2, 0.25) is 0 Å². The SMILES string of the molecule is [O-][N+](=Nc1cccc(O)c1)c1cccc(O)c1. The molecule has 5 heteroatoms. The lowest BCUT2D eigenvalue weighted by Gasteiger charge is -2.00. The van der Waals surface area contributed by atoms with E-state index in [1.54, 1.807) is 18.2 Å². The molecule has 2 rings (SSSR count). The van der Waals surface area contributed by atoms with Gasteiger partial charge in [0.2, 0.25) is 5.69 Å². The molecule has 0 saturated heterocycles. The summed E-state index contributed by atoms with van der Waals surface area (Å²) in [5, 5.41) is 33.8.